The average molecular weight is 454 g/mol. The third-order valence-electron chi connectivity index (χ3n) is 5.02. The second-order valence-corrected chi connectivity index (χ2v) is 7.96. The number of pyridine rings is 1. The molecule has 1 N–H and O–H groups in total. The van der Waals surface area contributed by atoms with Gasteiger partial charge in [0.2, 0.25) is 0 Å². The predicted molar refractivity (Wildman–Crippen MR) is 129 cm³/mol. The number of methoxy groups -OCH3 is 1. The maximum atomic E-state index is 13.3. The molecule has 7 nitrogen and oxygen atoms in total. The molecule has 0 aliphatic rings. The van der Waals surface area contributed by atoms with Crippen LogP contribution in [0.3, 0.4) is 0 Å². The van der Waals surface area contributed by atoms with E-state index >= 15 is 0 Å². The number of rotatable bonds is 6. The molecule has 0 atom stereocenters. The van der Waals surface area contributed by atoms with Crippen LogP contribution in [0.25, 0.3) is 28.2 Å². The number of nitrogens with one attached hydrogen (secondary N) is 1. The summed E-state index contributed by atoms with van der Waals surface area (Å²) in [6, 6.07) is 20.9. The molecule has 0 spiro atoms. The lowest BCUT2D eigenvalue weighted by atomic mass is 10.1. The van der Waals surface area contributed by atoms with Crippen LogP contribution in [0.15, 0.2) is 90.7 Å². The molecule has 0 aliphatic carbocycles. The van der Waals surface area contributed by atoms with Gasteiger partial charge in [-0.2, -0.15) is 5.10 Å². The minimum absolute atomic E-state index is 0.301. The zero-order chi connectivity index (χ0) is 22.6. The molecule has 0 bridgehead atoms. The number of nitrogens with zero attached hydrogens (tertiary/aromatic N) is 4. The lowest BCUT2D eigenvalue weighted by Gasteiger charge is -2.07. The van der Waals surface area contributed by atoms with Crippen LogP contribution in [0.5, 0.6) is 5.75 Å². The maximum Gasteiger partial charge on any atom is 0.261 e. The van der Waals surface area contributed by atoms with Crippen LogP contribution in [0.4, 0.5) is 5.13 Å². The van der Waals surface area contributed by atoms with Crippen molar-refractivity contribution in [2.45, 2.75) is 0 Å². The Balaban J connectivity index is 1.52. The molecule has 8 heteroatoms. The van der Waals surface area contributed by atoms with E-state index in [-0.39, 0.29) is 5.91 Å². The number of carbonyl (C=O) groups excluding carboxylic acids is 1. The lowest BCUT2D eigenvalue weighted by Crippen LogP contribution is -2.12. The van der Waals surface area contributed by atoms with Gasteiger partial charge >= 0.3 is 0 Å². The Labute approximate surface area is 194 Å². The van der Waals surface area contributed by atoms with Gasteiger partial charge in [-0.05, 0) is 36.4 Å². The van der Waals surface area contributed by atoms with Crippen LogP contribution < -0.4 is 10.1 Å². The first kappa shape index (κ1) is 20.6. The molecule has 33 heavy (non-hydrogen) atoms. The number of amides is 1. The van der Waals surface area contributed by atoms with Crippen LogP contribution in [-0.2, 0) is 0 Å². The minimum atomic E-state index is -0.301. The normalized spacial score (nSPS) is 10.7. The number of thiazole rings is 1. The van der Waals surface area contributed by atoms with Crippen molar-refractivity contribution in [3.63, 3.8) is 0 Å². The summed E-state index contributed by atoms with van der Waals surface area (Å²) in [5, 5.41) is 10.0. The zero-order valence-corrected chi connectivity index (χ0v) is 18.5. The molecule has 0 saturated carbocycles. The lowest BCUT2D eigenvalue weighted by molar-refractivity contribution is 0.102. The molecule has 0 saturated heterocycles. The fraction of sp³-hybridized carbons (Fsp3) is 0.0400. The molecular weight excluding hydrogens is 434 g/mol. The number of hydrogen-bond donors (Lipinski definition) is 1. The fourth-order valence-corrected chi connectivity index (χ4v) is 4.15. The molecule has 0 fully saturated rings. The van der Waals surface area contributed by atoms with Crippen LogP contribution in [-0.4, -0.2) is 32.8 Å². The van der Waals surface area contributed by atoms with Gasteiger partial charge < -0.3 is 4.74 Å². The van der Waals surface area contributed by atoms with Crippen molar-refractivity contribution in [1.29, 1.82) is 0 Å². The highest BCUT2D eigenvalue weighted by Gasteiger charge is 2.22. The highest BCUT2D eigenvalue weighted by atomic mass is 32.1. The Morgan fingerprint density at radius 1 is 1.03 bits per heavy atom. The number of ether oxygens (including phenoxy) is 1. The largest absolute Gasteiger partial charge is 0.496 e. The smallest absolute Gasteiger partial charge is 0.261 e. The summed E-state index contributed by atoms with van der Waals surface area (Å²) in [5.74, 6) is 0.336. The van der Waals surface area contributed by atoms with E-state index in [0.717, 1.165) is 22.5 Å². The summed E-state index contributed by atoms with van der Waals surface area (Å²) in [6.07, 6.45) is 5.18. The summed E-state index contributed by atoms with van der Waals surface area (Å²) in [6.45, 7) is 0. The molecule has 3 heterocycles. The Morgan fingerprint density at radius 2 is 1.85 bits per heavy atom. The van der Waals surface area contributed by atoms with E-state index in [1.54, 1.807) is 30.4 Å². The van der Waals surface area contributed by atoms with Crippen LogP contribution in [0.2, 0.25) is 0 Å². The standard InChI is InChI=1S/C25H19N5O2S/c1-32-22-12-6-5-11-19(22)23-20(15-30(29-23)18-9-3-2-4-10-18)24(31)28-25-27-21(16-33-25)17-8-7-13-26-14-17/h2-16H,1H3,(H,27,28,31). The van der Waals surface area contributed by atoms with Gasteiger partial charge in [0.25, 0.3) is 5.91 Å². The van der Waals surface area contributed by atoms with Gasteiger partial charge in [0.1, 0.15) is 11.4 Å². The van der Waals surface area contributed by atoms with Crippen molar-refractivity contribution in [3.8, 4) is 34.0 Å². The summed E-state index contributed by atoms with van der Waals surface area (Å²) in [7, 11) is 1.60. The van der Waals surface area contributed by atoms with Gasteiger partial charge in [0, 0.05) is 35.1 Å². The molecule has 0 aliphatic heterocycles. The summed E-state index contributed by atoms with van der Waals surface area (Å²) < 4.78 is 7.22. The maximum absolute atomic E-state index is 13.3. The van der Waals surface area contributed by atoms with E-state index in [0.29, 0.717) is 22.1 Å². The minimum Gasteiger partial charge on any atom is -0.496 e. The Hall–Kier alpha value is -4.30. The van der Waals surface area contributed by atoms with Crippen molar-refractivity contribution in [1.82, 2.24) is 19.7 Å². The number of para-hydroxylation sites is 2. The fourth-order valence-electron chi connectivity index (χ4n) is 3.43. The van der Waals surface area contributed by atoms with Gasteiger partial charge in [-0.1, -0.05) is 30.3 Å². The van der Waals surface area contributed by atoms with E-state index in [9.17, 15) is 4.79 Å². The van der Waals surface area contributed by atoms with Gasteiger partial charge in [-0.15, -0.1) is 11.3 Å². The third kappa shape index (κ3) is 4.24. The highest BCUT2D eigenvalue weighted by molar-refractivity contribution is 7.14. The first-order valence-electron chi connectivity index (χ1n) is 10.2. The molecule has 162 valence electrons. The van der Waals surface area contributed by atoms with Crippen molar-refractivity contribution in [2.75, 3.05) is 12.4 Å². The zero-order valence-electron chi connectivity index (χ0n) is 17.7. The van der Waals surface area contributed by atoms with Crippen molar-refractivity contribution in [3.05, 3.63) is 96.3 Å². The number of carbonyl (C=O) groups is 1. The Bertz CT molecular complexity index is 1400. The molecule has 2 aromatic carbocycles. The summed E-state index contributed by atoms with van der Waals surface area (Å²) in [4.78, 5) is 22.0. The predicted octanol–water partition coefficient (Wildman–Crippen LogP) is 5.32. The molecular formula is C25H19N5O2S. The first-order chi connectivity index (χ1) is 16.2. The SMILES string of the molecule is COc1ccccc1-c1nn(-c2ccccc2)cc1C(=O)Nc1nc(-c2cccnc2)cs1. The molecule has 5 aromatic rings. The van der Waals surface area contributed by atoms with Crippen molar-refractivity contribution in [2.24, 2.45) is 0 Å². The van der Waals surface area contributed by atoms with Crippen LogP contribution in [0.1, 0.15) is 10.4 Å². The Kier molecular flexibility index (Phi) is 5.65. The molecule has 1 amide bonds. The van der Waals surface area contributed by atoms with E-state index < -0.39 is 0 Å². The van der Waals surface area contributed by atoms with E-state index in [1.807, 2.05) is 72.1 Å². The number of benzene rings is 2. The third-order valence-corrected chi connectivity index (χ3v) is 5.78. The van der Waals surface area contributed by atoms with Gasteiger partial charge in [-0.25, -0.2) is 9.67 Å². The van der Waals surface area contributed by atoms with Crippen LogP contribution >= 0.6 is 11.3 Å². The molecule has 0 unspecified atom stereocenters. The van der Waals surface area contributed by atoms with Crippen molar-refractivity contribution < 1.29 is 9.53 Å². The molecule has 5 rings (SSSR count). The van der Waals surface area contributed by atoms with Gasteiger partial charge in [-0.3, -0.25) is 15.1 Å². The Morgan fingerprint density at radius 3 is 2.64 bits per heavy atom. The summed E-state index contributed by atoms with van der Waals surface area (Å²) >= 11 is 1.36. The van der Waals surface area contributed by atoms with Gasteiger partial charge in [0.05, 0.1) is 24.1 Å². The van der Waals surface area contributed by atoms with E-state index in [1.165, 1.54) is 11.3 Å². The number of hydrogen-bond acceptors (Lipinski definition) is 6. The number of anilines is 1. The second kappa shape index (κ2) is 9.05. The first-order valence-corrected chi connectivity index (χ1v) is 11.1. The second-order valence-electron chi connectivity index (χ2n) is 7.11. The molecule has 3 aromatic heterocycles. The molecule has 0 radical (unpaired) electrons. The van der Waals surface area contributed by atoms with Gasteiger partial charge in [0.15, 0.2) is 5.13 Å². The van der Waals surface area contributed by atoms with E-state index in [2.05, 4.69) is 15.3 Å². The van der Waals surface area contributed by atoms with E-state index in [4.69, 9.17) is 9.84 Å². The van der Waals surface area contributed by atoms with Crippen LogP contribution in [0, 0.1) is 0 Å². The average Bonchev–Trinajstić information content (AvgIpc) is 3.53. The number of aromatic nitrogens is 4. The summed E-state index contributed by atoms with van der Waals surface area (Å²) in [5.41, 5.74) is 4.17. The van der Waals surface area contributed by atoms with Crippen molar-refractivity contribution >= 4 is 22.4 Å². The highest BCUT2D eigenvalue weighted by Crippen LogP contribution is 2.32. The monoisotopic (exact) mass is 453 g/mol. The quantitative estimate of drug-likeness (QED) is 0.376. The topological polar surface area (TPSA) is 81.9 Å².